The van der Waals surface area contributed by atoms with Crippen molar-refractivity contribution in [2.75, 3.05) is 12.0 Å². The summed E-state index contributed by atoms with van der Waals surface area (Å²) in [6.07, 6.45) is 1.33. The Balaban J connectivity index is 1.64. The van der Waals surface area contributed by atoms with Crippen LogP contribution < -0.4 is 4.90 Å². The summed E-state index contributed by atoms with van der Waals surface area (Å²) in [5, 5.41) is 0. The first kappa shape index (κ1) is 22.0. The second-order valence-corrected chi connectivity index (χ2v) is 7.71. The van der Waals surface area contributed by atoms with Crippen LogP contribution in [-0.2, 0) is 20.9 Å². The number of carbonyl (C=O) groups is 4. The van der Waals surface area contributed by atoms with E-state index in [-0.39, 0.29) is 18.9 Å². The Labute approximate surface area is 190 Å². The van der Waals surface area contributed by atoms with E-state index >= 15 is 0 Å². The number of ether oxygens (including phenoxy) is 1. The Kier molecular flexibility index (Phi) is 6.08. The SMILES string of the molecule is COC(=O)c1ccc(N2C(=O)CC(N(Cc3ccco3)C(=O)c3cccc(C)c3)C2=O)cc1. The molecule has 4 rings (SSSR count). The van der Waals surface area contributed by atoms with Crippen LogP contribution >= 0.6 is 0 Å². The second kappa shape index (κ2) is 9.12. The molecule has 2 heterocycles. The van der Waals surface area contributed by atoms with Crippen LogP contribution in [0.5, 0.6) is 0 Å². The first-order valence-electron chi connectivity index (χ1n) is 10.3. The van der Waals surface area contributed by atoms with Crippen molar-refractivity contribution in [3.05, 3.63) is 89.4 Å². The number of methoxy groups -OCH3 is 1. The molecule has 0 saturated carbocycles. The zero-order valence-electron chi connectivity index (χ0n) is 18.2. The molecule has 0 bridgehead atoms. The molecule has 3 amide bonds. The van der Waals surface area contributed by atoms with Crippen LogP contribution in [0.2, 0.25) is 0 Å². The van der Waals surface area contributed by atoms with Gasteiger partial charge >= 0.3 is 5.97 Å². The molecule has 8 nitrogen and oxygen atoms in total. The van der Waals surface area contributed by atoms with Crippen molar-refractivity contribution in [2.24, 2.45) is 0 Å². The quantitative estimate of drug-likeness (QED) is 0.426. The van der Waals surface area contributed by atoms with Crippen LogP contribution in [-0.4, -0.2) is 41.7 Å². The molecule has 1 atom stereocenters. The van der Waals surface area contributed by atoms with Gasteiger partial charge < -0.3 is 14.1 Å². The highest BCUT2D eigenvalue weighted by atomic mass is 16.5. The Morgan fingerprint density at radius 1 is 1.06 bits per heavy atom. The van der Waals surface area contributed by atoms with E-state index in [0.29, 0.717) is 22.6 Å². The van der Waals surface area contributed by atoms with E-state index in [1.54, 1.807) is 30.3 Å². The number of anilines is 1. The van der Waals surface area contributed by atoms with Gasteiger partial charge in [0.1, 0.15) is 11.8 Å². The average molecular weight is 446 g/mol. The molecule has 0 N–H and O–H groups in total. The molecule has 168 valence electrons. The zero-order chi connectivity index (χ0) is 23.5. The minimum absolute atomic E-state index is 0.0403. The second-order valence-electron chi connectivity index (χ2n) is 7.71. The molecule has 1 aromatic heterocycles. The van der Waals surface area contributed by atoms with E-state index in [0.717, 1.165) is 10.5 Å². The minimum Gasteiger partial charge on any atom is -0.467 e. The number of hydrogen-bond donors (Lipinski definition) is 0. The van der Waals surface area contributed by atoms with Crippen molar-refractivity contribution in [3.8, 4) is 0 Å². The number of aryl methyl sites for hydroxylation is 1. The minimum atomic E-state index is -0.990. The molecular weight excluding hydrogens is 424 g/mol. The molecule has 33 heavy (non-hydrogen) atoms. The van der Waals surface area contributed by atoms with Crippen molar-refractivity contribution in [3.63, 3.8) is 0 Å². The summed E-state index contributed by atoms with van der Waals surface area (Å²) in [6.45, 7) is 1.91. The highest BCUT2D eigenvalue weighted by Crippen LogP contribution is 2.28. The summed E-state index contributed by atoms with van der Waals surface area (Å²) in [7, 11) is 1.27. The van der Waals surface area contributed by atoms with Crippen LogP contribution in [0.1, 0.15) is 38.5 Å². The lowest BCUT2D eigenvalue weighted by Gasteiger charge is -2.27. The predicted molar refractivity (Wildman–Crippen MR) is 118 cm³/mol. The predicted octanol–water partition coefficient (Wildman–Crippen LogP) is 3.35. The number of furan rings is 1. The summed E-state index contributed by atoms with van der Waals surface area (Å²) in [5.41, 5.74) is 1.94. The maximum Gasteiger partial charge on any atom is 0.337 e. The number of benzene rings is 2. The van der Waals surface area contributed by atoms with Gasteiger partial charge in [-0.15, -0.1) is 0 Å². The van der Waals surface area contributed by atoms with E-state index in [1.165, 1.54) is 42.5 Å². The fourth-order valence-corrected chi connectivity index (χ4v) is 3.83. The molecule has 3 aromatic rings. The van der Waals surface area contributed by atoms with Gasteiger partial charge in [-0.05, 0) is 55.5 Å². The molecule has 0 radical (unpaired) electrons. The van der Waals surface area contributed by atoms with Crippen molar-refractivity contribution >= 4 is 29.4 Å². The van der Waals surface area contributed by atoms with E-state index in [4.69, 9.17) is 4.42 Å². The van der Waals surface area contributed by atoms with Gasteiger partial charge in [-0.1, -0.05) is 17.7 Å². The van der Waals surface area contributed by atoms with Gasteiger partial charge in [0.2, 0.25) is 5.91 Å². The molecule has 1 fully saturated rings. The van der Waals surface area contributed by atoms with Crippen molar-refractivity contribution in [1.29, 1.82) is 0 Å². The molecule has 1 saturated heterocycles. The van der Waals surface area contributed by atoms with E-state index < -0.39 is 23.8 Å². The van der Waals surface area contributed by atoms with Gasteiger partial charge in [-0.25, -0.2) is 9.69 Å². The van der Waals surface area contributed by atoms with Crippen molar-refractivity contribution in [2.45, 2.75) is 25.9 Å². The first-order chi connectivity index (χ1) is 15.9. The summed E-state index contributed by atoms with van der Waals surface area (Å²) in [4.78, 5) is 53.7. The highest BCUT2D eigenvalue weighted by Gasteiger charge is 2.44. The molecule has 1 unspecified atom stereocenters. The molecule has 1 aliphatic rings. The number of hydrogen-bond acceptors (Lipinski definition) is 6. The van der Waals surface area contributed by atoms with Crippen molar-refractivity contribution < 1.29 is 28.3 Å². The Morgan fingerprint density at radius 3 is 2.45 bits per heavy atom. The van der Waals surface area contributed by atoms with Crippen molar-refractivity contribution in [1.82, 2.24) is 4.90 Å². The number of amides is 3. The fourth-order valence-electron chi connectivity index (χ4n) is 3.83. The normalized spacial score (nSPS) is 15.6. The number of rotatable bonds is 6. The lowest BCUT2D eigenvalue weighted by molar-refractivity contribution is -0.122. The standard InChI is InChI=1S/C25H22N2O6/c1-16-5-3-6-18(13-16)23(29)26(15-20-7-4-12-33-20)21-14-22(28)27(24(21)30)19-10-8-17(9-11-19)25(31)32-2/h3-13,21H,14-15H2,1-2H3. The first-order valence-corrected chi connectivity index (χ1v) is 10.3. The Hall–Kier alpha value is -4.20. The third-order valence-corrected chi connectivity index (χ3v) is 5.48. The van der Waals surface area contributed by atoms with Crippen LogP contribution in [0.25, 0.3) is 0 Å². The number of imide groups is 1. The Morgan fingerprint density at radius 2 is 1.82 bits per heavy atom. The van der Waals surface area contributed by atoms with Crippen LogP contribution in [0, 0.1) is 6.92 Å². The van der Waals surface area contributed by atoms with E-state index in [1.807, 2.05) is 13.0 Å². The number of esters is 1. The molecule has 8 heteroatoms. The largest absolute Gasteiger partial charge is 0.467 e. The maximum absolute atomic E-state index is 13.4. The third kappa shape index (κ3) is 4.41. The summed E-state index contributed by atoms with van der Waals surface area (Å²) in [5.74, 6) is -1.34. The summed E-state index contributed by atoms with van der Waals surface area (Å²) in [6, 6.07) is 15.4. The summed E-state index contributed by atoms with van der Waals surface area (Å²) >= 11 is 0. The smallest absolute Gasteiger partial charge is 0.337 e. The number of carbonyl (C=O) groups excluding carboxylic acids is 4. The van der Waals surface area contributed by atoms with Gasteiger partial charge in [-0.2, -0.15) is 0 Å². The van der Waals surface area contributed by atoms with E-state index in [9.17, 15) is 19.2 Å². The fraction of sp³-hybridized carbons (Fsp3) is 0.200. The Bertz CT molecular complexity index is 1200. The highest BCUT2D eigenvalue weighted by molar-refractivity contribution is 6.23. The van der Waals surface area contributed by atoms with Gasteiger partial charge in [0.15, 0.2) is 0 Å². The van der Waals surface area contributed by atoms with Crippen LogP contribution in [0.4, 0.5) is 5.69 Å². The van der Waals surface area contributed by atoms with Gasteiger partial charge in [0.05, 0.1) is 37.6 Å². The molecular formula is C25H22N2O6. The lowest BCUT2D eigenvalue weighted by Crippen LogP contribution is -2.45. The molecule has 0 spiro atoms. The molecule has 1 aliphatic heterocycles. The third-order valence-electron chi connectivity index (χ3n) is 5.48. The summed E-state index contributed by atoms with van der Waals surface area (Å²) < 4.78 is 10.1. The lowest BCUT2D eigenvalue weighted by atomic mass is 10.1. The maximum atomic E-state index is 13.4. The number of nitrogens with zero attached hydrogens (tertiary/aromatic N) is 2. The van der Waals surface area contributed by atoms with Crippen LogP contribution in [0.15, 0.2) is 71.3 Å². The van der Waals surface area contributed by atoms with Gasteiger partial charge in [-0.3, -0.25) is 14.4 Å². The molecule has 0 aliphatic carbocycles. The van der Waals surface area contributed by atoms with Gasteiger partial charge in [0.25, 0.3) is 11.8 Å². The molecule has 2 aromatic carbocycles. The van der Waals surface area contributed by atoms with Gasteiger partial charge in [0, 0.05) is 5.56 Å². The monoisotopic (exact) mass is 446 g/mol. The topological polar surface area (TPSA) is 97.1 Å². The van der Waals surface area contributed by atoms with E-state index in [2.05, 4.69) is 4.74 Å². The zero-order valence-corrected chi connectivity index (χ0v) is 18.2. The average Bonchev–Trinajstić information content (AvgIpc) is 3.44. The van der Waals surface area contributed by atoms with Crippen LogP contribution in [0.3, 0.4) is 0 Å².